The lowest BCUT2D eigenvalue weighted by atomic mass is 9.99. The van der Waals surface area contributed by atoms with Crippen LogP contribution in [0.3, 0.4) is 0 Å². The van der Waals surface area contributed by atoms with Crippen LogP contribution in [-0.2, 0) is 6.42 Å². The quantitative estimate of drug-likeness (QED) is 0.563. The number of benzene rings is 2. The number of aryl methyl sites for hydroxylation is 2. The van der Waals surface area contributed by atoms with Crippen LogP contribution < -0.4 is 0 Å². The second kappa shape index (κ2) is 10.6. The molecule has 1 heterocycles. The summed E-state index contributed by atoms with van der Waals surface area (Å²) in [5.74, 6) is -0.543. The van der Waals surface area contributed by atoms with E-state index in [1.165, 1.54) is 23.3 Å². The van der Waals surface area contributed by atoms with Crippen molar-refractivity contribution < 1.29 is 14.3 Å². The summed E-state index contributed by atoms with van der Waals surface area (Å²) in [4.78, 5) is 19.1. The first kappa shape index (κ1) is 21.7. The number of aromatic nitrogens is 1. The van der Waals surface area contributed by atoms with Gasteiger partial charge in [0, 0.05) is 37.7 Å². The first-order valence-electron chi connectivity index (χ1n) is 10.2. The molecule has 4 nitrogen and oxygen atoms in total. The number of aliphatic hydroxyl groups is 1. The molecule has 3 rings (SSSR count). The molecular weight excluding hydrogens is 379 g/mol. The van der Waals surface area contributed by atoms with E-state index in [0.29, 0.717) is 30.6 Å². The highest BCUT2D eigenvalue weighted by Crippen LogP contribution is 2.26. The molecule has 1 amide bonds. The molecule has 0 aliphatic carbocycles. The van der Waals surface area contributed by atoms with E-state index in [1.54, 1.807) is 35.5 Å². The number of carbonyl (C=O) groups is 1. The minimum absolute atomic E-state index is 0.0162. The maximum absolute atomic E-state index is 13.9. The van der Waals surface area contributed by atoms with Gasteiger partial charge in [0.2, 0.25) is 0 Å². The molecule has 2 aromatic carbocycles. The maximum Gasteiger partial charge on any atom is 0.254 e. The summed E-state index contributed by atoms with van der Waals surface area (Å²) in [5, 5.41) is 9.27. The number of amides is 1. The van der Waals surface area contributed by atoms with Gasteiger partial charge in [0.1, 0.15) is 5.82 Å². The van der Waals surface area contributed by atoms with Crippen LogP contribution in [0.2, 0.25) is 0 Å². The van der Waals surface area contributed by atoms with Crippen molar-refractivity contribution >= 4 is 5.91 Å². The van der Waals surface area contributed by atoms with Crippen molar-refractivity contribution in [2.45, 2.75) is 26.2 Å². The Labute approximate surface area is 177 Å². The van der Waals surface area contributed by atoms with Gasteiger partial charge < -0.3 is 10.0 Å². The van der Waals surface area contributed by atoms with Gasteiger partial charge in [-0.2, -0.15) is 0 Å². The third-order valence-corrected chi connectivity index (χ3v) is 5.09. The van der Waals surface area contributed by atoms with Gasteiger partial charge in [-0.1, -0.05) is 29.8 Å². The van der Waals surface area contributed by atoms with Crippen molar-refractivity contribution in [3.05, 3.63) is 89.5 Å². The molecule has 30 heavy (non-hydrogen) atoms. The number of nitrogens with zero attached hydrogens (tertiary/aromatic N) is 2. The Bertz CT molecular complexity index is 959. The summed E-state index contributed by atoms with van der Waals surface area (Å²) in [5.41, 5.74) is 4.20. The van der Waals surface area contributed by atoms with E-state index < -0.39 is 0 Å². The van der Waals surface area contributed by atoms with E-state index in [1.807, 2.05) is 0 Å². The molecule has 0 fully saturated rings. The van der Waals surface area contributed by atoms with Gasteiger partial charge >= 0.3 is 0 Å². The second-order valence-electron chi connectivity index (χ2n) is 7.38. The number of carbonyl (C=O) groups excluding carboxylic acids is 1. The molecule has 3 aromatic rings. The van der Waals surface area contributed by atoms with E-state index in [2.05, 4.69) is 36.2 Å². The average Bonchev–Trinajstić information content (AvgIpc) is 2.77. The molecule has 0 bridgehead atoms. The predicted molar refractivity (Wildman–Crippen MR) is 117 cm³/mol. The molecule has 156 valence electrons. The number of halogens is 1. The first-order chi connectivity index (χ1) is 14.6. The minimum Gasteiger partial charge on any atom is -0.396 e. The predicted octanol–water partition coefficient (Wildman–Crippen LogP) is 4.65. The van der Waals surface area contributed by atoms with Crippen molar-refractivity contribution in [3.63, 3.8) is 0 Å². The number of pyridine rings is 1. The largest absolute Gasteiger partial charge is 0.396 e. The van der Waals surface area contributed by atoms with Gasteiger partial charge in [0.05, 0.1) is 0 Å². The smallest absolute Gasteiger partial charge is 0.254 e. The van der Waals surface area contributed by atoms with Crippen LogP contribution in [0.25, 0.3) is 11.1 Å². The maximum atomic E-state index is 13.9. The van der Waals surface area contributed by atoms with Crippen LogP contribution in [0.1, 0.15) is 34.3 Å². The Hall–Kier alpha value is -3.05. The number of hydrogen-bond donors (Lipinski definition) is 1. The Balaban J connectivity index is 1.78. The molecule has 0 radical (unpaired) electrons. The van der Waals surface area contributed by atoms with E-state index in [-0.39, 0.29) is 18.3 Å². The summed E-state index contributed by atoms with van der Waals surface area (Å²) in [7, 11) is 0. The number of rotatable bonds is 9. The Morgan fingerprint density at radius 3 is 2.40 bits per heavy atom. The van der Waals surface area contributed by atoms with Crippen LogP contribution in [0.15, 0.2) is 67.0 Å². The molecular formula is C25H27FN2O2. The topological polar surface area (TPSA) is 53.4 Å². The second-order valence-corrected chi connectivity index (χ2v) is 7.38. The molecule has 1 N–H and O–H groups in total. The van der Waals surface area contributed by atoms with Crippen LogP contribution in [0.5, 0.6) is 0 Å². The highest BCUT2D eigenvalue weighted by atomic mass is 19.1. The highest BCUT2D eigenvalue weighted by Gasteiger charge is 2.20. The van der Waals surface area contributed by atoms with Gasteiger partial charge in [-0.15, -0.1) is 0 Å². The van der Waals surface area contributed by atoms with Crippen molar-refractivity contribution in [2.24, 2.45) is 0 Å². The molecule has 0 saturated carbocycles. The molecule has 0 unspecified atom stereocenters. The average molecular weight is 407 g/mol. The van der Waals surface area contributed by atoms with Gasteiger partial charge in [-0.3, -0.25) is 9.78 Å². The van der Waals surface area contributed by atoms with Crippen molar-refractivity contribution in [3.8, 4) is 11.1 Å². The molecule has 0 aliphatic rings. The van der Waals surface area contributed by atoms with E-state index in [0.717, 1.165) is 18.4 Å². The zero-order chi connectivity index (χ0) is 21.3. The fourth-order valence-corrected chi connectivity index (χ4v) is 3.45. The fraction of sp³-hybridized carbons (Fsp3) is 0.280. The first-order valence-corrected chi connectivity index (χ1v) is 10.2. The van der Waals surface area contributed by atoms with Gasteiger partial charge in [-0.05, 0) is 73.2 Å². The van der Waals surface area contributed by atoms with Crippen LogP contribution in [0, 0.1) is 12.7 Å². The summed E-state index contributed by atoms with van der Waals surface area (Å²) >= 11 is 0. The summed E-state index contributed by atoms with van der Waals surface area (Å²) in [6.45, 7) is 3.10. The molecule has 0 saturated heterocycles. The van der Waals surface area contributed by atoms with Crippen LogP contribution in [0.4, 0.5) is 4.39 Å². The van der Waals surface area contributed by atoms with Crippen molar-refractivity contribution in [1.29, 1.82) is 0 Å². The van der Waals surface area contributed by atoms with Gasteiger partial charge in [-0.25, -0.2) is 4.39 Å². The molecule has 0 atom stereocenters. The summed E-state index contributed by atoms with van der Waals surface area (Å²) in [6, 6.07) is 16.2. The molecule has 1 aromatic heterocycles. The van der Waals surface area contributed by atoms with Crippen molar-refractivity contribution in [2.75, 3.05) is 19.7 Å². The lowest BCUT2D eigenvalue weighted by Gasteiger charge is -2.24. The highest BCUT2D eigenvalue weighted by molar-refractivity contribution is 6.00. The van der Waals surface area contributed by atoms with Crippen molar-refractivity contribution in [1.82, 2.24) is 9.88 Å². The Morgan fingerprint density at radius 1 is 1.00 bits per heavy atom. The minimum atomic E-state index is -0.389. The van der Waals surface area contributed by atoms with E-state index in [9.17, 15) is 14.3 Å². The number of aliphatic hydroxyl groups excluding tert-OH is 1. The monoisotopic (exact) mass is 406 g/mol. The zero-order valence-electron chi connectivity index (χ0n) is 17.2. The molecule has 0 spiro atoms. The summed E-state index contributed by atoms with van der Waals surface area (Å²) in [6.07, 6.45) is 5.43. The zero-order valence-corrected chi connectivity index (χ0v) is 17.2. The molecule has 0 aliphatic heterocycles. The van der Waals surface area contributed by atoms with Gasteiger partial charge in [0.15, 0.2) is 0 Å². The Kier molecular flexibility index (Phi) is 7.69. The number of hydrogen-bond acceptors (Lipinski definition) is 3. The standard InChI is InChI=1S/C25H27FN2O2/c1-19-5-7-20(8-6-19)4-2-15-28(16-3-17-29)25(30)23-10-9-22(26)18-24(23)21-11-13-27-14-12-21/h5-14,18,29H,2-4,15-17H2,1H3. The summed E-state index contributed by atoms with van der Waals surface area (Å²) < 4.78 is 13.9. The van der Waals surface area contributed by atoms with Gasteiger partial charge in [0.25, 0.3) is 5.91 Å². The lowest BCUT2D eigenvalue weighted by molar-refractivity contribution is 0.0743. The molecule has 5 heteroatoms. The normalized spacial score (nSPS) is 10.8. The van der Waals surface area contributed by atoms with Crippen LogP contribution in [-0.4, -0.2) is 40.6 Å². The Morgan fingerprint density at radius 2 is 1.70 bits per heavy atom. The SMILES string of the molecule is Cc1ccc(CCCN(CCCO)C(=O)c2ccc(F)cc2-c2ccncc2)cc1. The third kappa shape index (κ3) is 5.74. The third-order valence-electron chi connectivity index (χ3n) is 5.09. The van der Waals surface area contributed by atoms with Crippen LogP contribution >= 0.6 is 0 Å². The fourth-order valence-electron chi connectivity index (χ4n) is 3.45. The van der Waals surface area contributed by atoms with E-state index in [4.69, 9.17) is 0 Å². The lowest BCUT2D eigenvalue weighted by Crippen LogP contribution is -2.34. The van der Waals surface area contributed by atoms with E-state index >= 15 is 0 Å².